The van der Waals surface area contributed by atoms with Crippen molar-refractivity contribution in [3.8, 4) is 6.07 Å². The Hall–Kier alpha value is -1.21. The summed E-state index contributed by atoms with van der Waals surface area (Å²) in [6, 6.07) is 5.55. The molecule has 16 heavy (non-hydrogen) atoms. The zero-order chi connectivity index (χ0) is 12.0. The molecule has 1 aromatic rings. The number of alkyl halides is 3. The van der Waals surface area contributed by atoms with Gasteiger partial charge in [-0.15, -0.1) is 0 Å². The van der Waals surface area contributed by atoms with Gasteiger partial charge in [0.2, 0.25) is 0 Å². The summed E-state index contributed by atoms with van der Waals surface area (Å²) >= 11 is 5.79. The van der Waals surface area contributed by atoms with E-state index < -0.39 is 17.2 Å². The van der Waals surface area contributed by atoms with Crippen molar-refractivity contribution >= 4 is 11.6 Å². The highest BCUT2D eigenvalue weighted by Gasteiger charge is 2.51. The minimum atomic E-state index is -4.47. The number of hydrogen-bond acceptors (Lipinski definition) is 1. The van der Waals surface area contributed by atoms with Gasteiger partial charge in [-0.2, -0.15) is 18.4 Å². The highest BCUT2D eigenvalue weighted by atomic mass is 35.5. The molecule has 0 aliphatic heterocycles. The Bertz CT molecular complexity index is 469. The summed E-state index contributed by atoms with van der Waals surface area (Å²) < 4.78 is 38.3. The molecule has 0 N–H and O–H groups in total. The van der Waals surface area contributed by atoms with Crippen molar-refractivity contribution < 1.29 is 13.2 Å². The van der Waals surface area contributed by atoms with Crippen molar-refractivity contribution in [2.24, 2.45) is 0 Å². The highest BCUT2D eigenvalue weighted by molar-refractivity contribution is 6.31. The molecule has 0 heterocycles. The largest absolute Gasteiger partial charge is 0.416 e. The summed E-state index contributed by atoms with van der Waals surface area (Å²) in [5, 5.41) is 8.97. The Morgan fingerprint density at radius 1 is 1.31 bits per heavy atom. The van der Waals surface area contributed by atoms with E-state index in [1.165, 1.54) is 12.1 Å². The van der Waals surface area contributed by atoms with E-state index in [-0.39, 0.29) is 10.6 Å². The van der Waals surface area contributed by atoms with Crippen LogP contribution in [0.1, 0.15) is 24.0 Å². The maximum Gasteiger partial charge on any atom is 0.416 e. The van der Waals surface area contributed by atoms with Crippen LogP contribution in [-0.4, -0.2) is 0 Å². The van der Waals surface area contributed by atoms with Gasteiger partial charge < -0.3 is 0 Å². The van der Waals surface area contributed by atoms with Gasteiger partial charge in [0.15, 0.2) is 0 Å². The lowest BCUT2D eigenvalue weighted by molar-refractivity contribution is -0.138. The van der Waals surface area contributed by atoms with E-state index in [4.69, 9.17) is 16.9 Å². The molecule has 0 saturated heterocycles. The summed E-state index contributed by atoms with van der Waals surface area (Å²) in [5.41, 5.74) is -1.88. The average Bonchev–Trinajstić information content (AvgIpc) is 2.96. The summed E-state index contributed by atoms with van der Waals surface area (Å²) in [6.07, 6.45) is -3.58. The fraction of sp³-hybridized carbons (Fsp3) is 0.364. The Morgan fingerprint density at radius 2 is 1.94 bits per heavy atom. The van der Waals surface area contributed by atoms with Crippen LogP contribution in [0.4, 0.5) is 13.2 Å². The predicted octanol–water partition coefficient (Wildman–Crippen LogP) is 3.91. The molecule has 0 spiro atoms. The summed E-state index contributed by atoms with van der Waals surface area (Å²) in [5.74, 6) is 0. The van der Waals surface area contributed by atoms with E-state index in [1.54, 1.807) is 0 Å². The van der Waals surface area contributed by atoms with E-state index in [2.05, 4.69) is 0 Å². The molecule has 0 radical (unpaired) electrons. The van der Waals surface area contributed by atoms with E-state index >= 15 is 0 Å². The van der Waals surface area contributed by atoms with Crippen LogP contribution in [0.2, 0.25) is 5.02 Å². The van der Waals surface area contributed by atoms with Gasteiger partial charge in [0.05, 0.1) is 17.0 Å². The minimum Gasteiger partial charge on any atom is -0.197 e. The third-order valence-electron chi connectivity index (χ3n) is 2.76. The number of nitriles is 1. The van der Waals surface area contributed by atoms with Crippen molar-refractivity contribution in [3.05, 3.63) is 34.3 Å². The maximum atomic E-state index is 12.8. The Morgan fingerprint density at radius 3 is 2.38 bits per heavy atom. The first kappa shape index (κ1) is 11.3. The summed E-state index contributed by atoms with van der Waals surface area (Å²) in [4.78, 5) is 0. The third kappa shape index (κ3) is 1.65. The second-order valence-electron chi connectivity index (χ2n) is 3.85. The average molecular weight is 246 g/mol. The molecule has 0 unspecified atom stereocenters. The molecule has 0 atom stereocenters. The van der Waals surface area contributed by atoms with Crippen molar-refractivity contribution in [1.29, 1.82) is 5.26 Å². The van der Waals surface area contributed by atoms with E-state index in [0.29, 0.717) is 12.8 Å². The number of hydrogen-bond donors (Lipinski definition) is 0. The molecule has 0 amide bonds. The van der Waals surface area contributed by atoms with E-state index in [0.717, 1.165) is 6.07 Å². The van der Waals surface area contributed by atoms with Gasteiger partial charge in [-0.05, 0) is 25.0 Å². The highest BCUT2D eigenvalue weighted by Crippen LogP contribution is 2.53. The van der Waals surface area contributed by atoms with Crippen LogP contribution in [-0.2, 0) is 11.6 Å². The lowest BCUT2D eigenvalue weighted by atomic mass is 9.92. The number of rotatable bonds is 1. The second-order valence-corrected chi connectivity index (χ2v) is 4.26. The van der Waals surface area contributed by atoms with Gasteiger partial charge in [-0.25, -0.2) is 0 Å². The molecule has 1 saturated carbocycles. The zero-order valence-electron chi connectivity index (χ0n) is 8.11. The van der Waals surface area contributed by atoms with Crippen LogP contribution in [0.3, 0.4) is 0 Å². The standard InChI is InChI=1S/C11H7ClF3N/c12-8-3-1-2-7(11(13,14)15)9(8)10(6-16)4-5-10/h1-3H,4-5H2. The van der Waals surface area contributed by atoms with Gasteiger partial charge in [-0.1, -0.05) is 17.7 Å². The molecule has 5 heteroatoms. The van der Waals surface area contributed by atoms with Crippen LogP contribution < -0.4 is 0 Å². The summed E-state index contributed by atoms with van der Waals surface area (Å²) in [7, 11) is 0. The molecule has 0 bridgehead atoms. The summed E-state index contributed by atoms with van der Waals surface area (Å²) in [6.45, 7) is 0. The number of benzene rings is 1. The van der Waals surface area contributed by atoms with Gasteiger partial charge >= 0.3 is 6.18 Å². The van der Waals surface area contributed by atoms with E-state index in [9.17, 15) is 13.2 Å². The van der Waals surface area contributed by atoms with Crippen molar-refractivity contribution in [3.63, 3.8) is 0 Å². The molecular formula is C11H7ClF3N. The lowest BCUT2D eigenvalue weighted by Crippen LogP contribution is -2.15. The van der Waals surface area contributed by atoms with Crippen LogP contribution in [0.5, 0.6) is 0 Å². The molecule has 0 aromatic heterocycles. The molecule has 1 nitrogen and oxygen atoms in total. The van der Waals surface area contributed by atoms with Crippen molar-refractivity contribution in [2.75, 3.05) is 0 Å². The van der Waals surface area contributed by atoms with Gasteiger partial charge in [-0.3, -0.25) is 0 Å². The Balaban J connectivity index is 2.65. The molecule has 1 aromatic carbocycles. The SMILES string of the molecule is N#CC1(c2c(Cl)cccc2C(F)(F)F)CC1. The van der Waals surface area contributed by atoms with Crippen LogP contribution in [0.15, 0.2) is 18.2 Å². The quantitative estimate of drug-likeness (QED) is 0.736. The molecular weight excluding hydrogens is 239 g/mol. The first-order valence-electron chi connectivity index (χ1n) is 4.68. The number of halogens is 4. The van der Waals surface area contributed by atoms with Gasteiger partial charge in [0.25, 0.3) is 0 Å². The third-order valence-corrected chi connectivity index (χ3v) is 3.08. The monoisotopic (exact) mass is 245 g/mol. The minimum absolute atomic E-state index is 0.0221. The number of nitrogens with zero attached hydrogens (tertiary/aromatic N) is 1. The van der Waals surface area contributed by atoms with E-state index in [1.807, 2.05) is 6.07 Å². The lowest BCUT2D eigenvalue weighted by Gasteiger charge is -2.17. The molecule has 1 fully saturated rings. The molecule has 1 aliphatic rings. The normalized spacial score (nSPS) is 17.9. The topological polar surface area (TPSA) is 23.8 Å². The smallest absolute Gasteiger partial charge is 0.197 e. The van der Waals surface area contributed by atoms with Gasteiger partial charge in [0, 0.05) is 10.6 Å². The van der Waals surface area contributed by atoms with Crippen LogP contribution in [0, 0.1) is 11.3 Å². The first-order valence-corrected chi connectivity index (χ1v) is 5.06. The molecule has 84 valence electrons. The molecule has 1 aliphatic carbocycles. The zero-order valence-corrected chi connectivity index (χ0v) is 8.86. The fourth-order valence-electron chi connectivity index (χ4n) is 1.79. The Kier molecular flexibility index (Phi) is 2.39. The first-order chi connectivity index (χ1) is 7.41. The maximum absolute atomic E-state index is 12.8. The van der Waals surface area contributed by atoms with Crippen LogP contribution >= 0.6 is 11.6 Å². The Labute approximate surface area is 95.4 Å². The fourth-order valence-corrected chi connectivity index (χ4v) is 2.14. The van der Waals surface area contributed by atoms with Gasteiger partial charge in [0.1, 0.15) is 0 Å². The van der Waals surface area contributed by atoms with Crippen LogP contribution in [0.25, 0.3) is 0 Å². The second kappa shape index (κ2) is 3.39. The van der Waals surface area contributed by atoms with Crippen molar-refractivity contribution in [2.45, 2.75) is 24.4 Å². The molecule has 2 rings (SSSR count). The predicted molar refractivity (Wildman–Crippen MR) is 53.0 cm³/mol. The van der Waals surface area contributed by atoms with Crippen molar-refractivity contribution in [1.82, 2.24) is 0 Å².